The number of methoxy groups -OCH3 is 2. The minimum atomic E-state index is -4.88. The fraction of sp³-hybridized carbons (Fsp3) is 0.520. The average Bonchev–Trinajstić information content (AvgIpc) is 3.52. The first kappa shape index (κ1) is 27.3. The number of hydrogen-bond acceptors (Lipinski definition) is 6. The van der Waals surface area contributed by atoms with Crippen LogP contribution in [-0.2, 0) is 14.3 Å². The van der Waals surface area contributed by atoms with Gasteiger partial charge in [-0.1, -0.05) is 6.07 Å². The van der Waals surface area contributed by atoms with E-state index in [1.54, 1.807) is 18.2 Å². The Morgan fingerprint density at radius 2 is 2.11 bits per heavy atom. The summed E-state index contributed by atoms with van der Waals surface area (Å²) >= 11 is 0. The zero-order valence-corrected chi connectivity index (χ0v) is 20.9. The number of aromatic nitrogens is 1. The summed E-state index contributed by atoms with van der Waals surface area (Å²) in [6.45, 7) is -0.396. The first-order valence-electron chi connectivity index (χ1n) is 12.1. The number of ether oxygens (including phenoxy) is 2. The molecule has 4 rings (SSSR count). The zero-order valence-electron chi connectivity index (χ0n) is 20.9. The maximum atomic E-state index is 14.1. The van der Waals surface area contributed by atoms with E-state index in [1.165, 1.54) is 13.2 Å². The number of aromatic amines is 1. The molecule has 2 saturated heterocycles. The predicted molar refractivity (Wildman–Crippen MR) is 128 cm³/mol. The number of piperidine rings is 1. The Morgan fingerprint density at radius 1 is 1.34 bits per heavy atom. The highest BCUT2D eigenvalue weighted by atomic mass is 19.4. The van der Waals surface area contributed by atoms with Crippen LogP contribution < -0.4 is 15.4 Å². The number of nitrogens with zero attached hydrogens (tertiary/aromatic N) is 2. The maximum Gasteiger partial charge on any atom is 0.419 e. The lowest BCUT2D eigenvalue weighted by Crippen LogP contribution is -2.50. The van der Waals surface area contributed by atoms with Gasteiger partial charge in [0.15, 0.2) is 5.60 Å². The molecule has 38 heavy (non-hydrogen) atoms. The highest BCUT2D eigenvalue weighted by Crippen LogP contribution is 2.43. The van der Waals surface area contributed by atoms with Gasteiger partial charge in [-0.05, 0) is 37.5 Å². The summed E-state index contributed by atoms with van der Waals surface area (Å²) in [5.74, 6) is -2.07. The van der Waals surface area contributed by atoms with E-state index in [9.17, 15) is 32.8 Å². The first-order valence-corrected chi connectivity index (χ1v) is 12.1. The molecule has 204 valence electrons. The van der Waals surface area contributed by atoms with Crippen LogP contribution in [0.15, 0.2) is 24.3 Å². The topological polar surface area (TPSA) is 137 Å². The van der Waals surface area contributed by atoms with E-state index in [-0.39, 0.29) is 18.0 Å². The Hall–Kier alpha value is -3.79. The number of nitrogens with one attached hydrogen (secondary N) is 3. The van der Waals surface area contributed by atoms with Gasteiger partial charge in [-0.2, -0.15) is 18.4 Å². The highest BCUT2D eigenvalue weighted by molar-refractivity contribution is 6.02. The van der Waals surface area contributed by atoms with E-state index < -0.39 is 54.6 Å². The van der Waals surface area contributed by atoms with Crippen LogP contribution >= 0.6 is 0 Å². The number of alkyl halides is 3. The molecule has 0 saturated carbocycles. The smallest absolute Gasteiger partial charge is 0.419 e. The SMILES string of the molecule is COc1cccc2[nH]c(C(=O)N3CC(OC)(C(F)(F)F)CC3C(=O)NC(C#N)CC3CCCNC3=O)cc12. The van der Waals surface area contributed by atoms with Gasteiger partial charge in [0.05, 0.1) is 19.7 Å². The number of halogens is 3. The van der Waals surface area contributed by atoms with Gasteiger partial charge in [-0.15, -0.1) is 0 Å². The molecule has 2 fully saturated rings. The summed E-state index contributed by atoms with van der Waals surface area (Å²) in [7, 11) is 2.33. The first-order chi connectivity index (χ1) is 18.0. The van der Waals surface area contributed by atoms with Crippen LogP contribution in [0.4, 0.5) is 13.2 Å². The molecular formula is C25H28F3N5O5. The Balaban J connectivity index is 1.62. The van der Waals surface area contributed by atoms with E-state index in [4.69, 9.17) is 9.47 Å². The quantitative estimate of drug-likeness (QED) is 0.498. The van der Waals surface area contributed by atoms with Crippen LogP contribution in [0.2, 0.25) is 0 Å². The van der Waals surface area contributed by atoms with Crippen LogP contribution in [-0.4, -0.2) is 78.8 Å². The second-order valence-electron chi connectivity index (χ2n) is 9.51. The number of benzene rings is 1. The van der Waals surface area contributed by atoms with Gasteiger partial charge in [0.1, 0.15) is 23.5 Å². The monoisotopic (exact) mass is 535 g/mol. The largest absolute Gasteiger partial charge is 0.496 e. The van der Waals surface area contributed by atoms with Gasteiger partial charge in [-0.3, -0.25) is 14.4 Å². The lowest BCUT2D eigenvalue weighted by molar-refractivity contribution is -0.263. The van der Waals surface area contributed by atoms with Crippen molar-refractivity contribution in [3.63, 3.8) is 0 Å². The van der Waals surface area contributed by atoms with E-state index in [0.29, 0.717) is 36.0 Å². The van der Waals surface area contributed by atoms with Crippen LogP contribution in [0, 0.1) is 17.2 Å². The van der Waals surface area contributed by atoms with Crippen molar-refractivity contribution in [3.8, 4) is 11.8 Å². The second-order valence-corrected chi connectivity index (χ2v) is 9.51. The molecule has 2 aliphatic rings. The summed E-state index contributed by atoms with van der Waals surface area (Å²) in [6.07, 6.45) is -4.49. The number of carbonyl (C=O) groups excluding carboxylic acids is 3. The van der Waals surface area contributed by atoms with Crippen molar-refractivity contribution in [3.05, 3.63) is 30.0 Å². The molecule has 2 aromatic rings. The van der Waals surface area contributed by atoms with Gasteiger partial charge in [-0.25, -0.2) is 0 Å². The molecule has 10 nitrogen and oxygen atoms in total. The second kappa shape index (κ2) is 10.5. The lowest BCUT2D eigenvalue weighted by atomic mass is 9.91. The molecule has 3 amide bonds. The number of H-pyrrole nitrogens is 1. The van der Waals surface area contributed by atoms with Crippen LogP contribution in [0.3, 0.4) is 0 Å². The van der Waals surface area contributed by atoms with Crippen molar-refractivity contribution in [1.82, 2.24) is 20.5 Å². The number of amides is 3. The van der Waals surface area contributed by atoms with Gasteiger partial charge in [0, 0.05) is 36.9 Å². The minimum absolute atomic E-state index is 0.00520. The molecule has 4 unspecified atom stereocenters. The molecule has 0 spiro atoms. The normalized spacial score (nSPS) is 24.5. The van der Waals surface area contributed by atoms with Crippen LogP contribution in [0.1, 0.15) is 36.2 Å². The number of likely N-dealkylation sites (tertiary alicyclic amines) is 1. The van der Waals surface area contributed by atoms with E-state index >= 15 is 0 Å². The van der Waals surface area contributed by atoms with Gasteiger partial charge < -0.3 is 30.0 Å². The standard InChI is InChI=1S/C25H28F3N5O5/c1-37-20-7-3-6-17-16(20)10-18(32-17)23(36)33-13-24(38-2,25(26,27)28)11-19(33)22(35)31-15(12-29)9-14-5-4-8-30-21(14)34/h3,6-7,10,14-15,19,32H,4-5,8-9,11,13H2,1-2H3,(H,30,34)(H,31,35). The van der Waals surface area contributed by atoms with E-state index in [0.717, 1.165) is 12.0 Å². The molecule has 2 aliphatic heterocycles. The Labute approximate surface area is 216 Å². The van der Waals surface area contributed by atoms with Crippen molar-refractivity contribution >= 4 is 28.6 Å². The number of hydrogen-bond donors (Lipinski definition) is 3. The third-order valence-electron chi connectivity index (χ3n) is 7.26. The zero-order chi connectivity index (χ0) is 27.7. The van der Waals surface area contributed by atoms with Gasteiger partial charge in [0.25, 0.3) is 5.91 Å². The van der Waals surface area contributed by atoms with Crippen molar-refractivity contribution in [2.45, 2.75) is 49.5 Å². The van der Waals surface area contributed by atoms with Crippen molar-refractivity contribution in [2.75, 3.05) is 27.3 Å². The summed E-state index contributed by atoms with van der Waals surface area (Å²) in [5, 5.41) is 15.3. The van der Waals surface area contributed by atoms with E-state index in [1.807, 2.05) is 6.07 Å². The molecule has 0 radical (unpaired) electrons. The fourth-order valence-electron chi connectivity index (χ4n) is 5.12. The minimum Gasteiger partial charge on any atom is -0.496 e. The molecule has 4 atom stereocenters. The van der Waals surface area contributed by atoms with Crippen molar-refractivity contribution in [1.29, 1.82) is 5.26 Å². The maximum absolute atomic E-state index is 14.1. The molecule has 0 bridgehead atoms. The highest BCUT2D eigenvalue weighted by Gasteiger charge is 2.63. The number of nitriles is 1. The third kappa shape index (κ3) is 5.00. The molecule has 0 aliphatic carbocycles. The Bertz CT molecular complexity index is 1270. The molecule has 13 heteroatoms. The molecule has 1 aromatic carbocycles. The molecular weight excluding hydrogens is 507 g/mol. The van der Waals surface area contributed by atoms with Crippen LogP contribution in [0.25, 0.3) is 10.9 Å². The van der Waals surface area contributed by atoms with Crippen LogP contribution in [0.5, 0.6) is 5.75 Å². The number of carbonyl (C=O) groups is 3. The fourth-order valence-corrected chi connectivity index (χ4v) is 5.12. The summed E-state index contributed by atoms with van der Waals surface area (Å²) in [6, 6.07) is 5.69. The summed E-state index contributed by atoms with van der Waals surface area (Å²) < 4.78 is 52.5. The Kier molecular flexibility index (Phi) is 7.55. The Morgan fingerprint density at radius 3 is 2.74 bits per heavy atom. The summed E-state index contributed by atoms with van der Waals surface area (Å²) in [4.78, 5) is 42.6. The van der Waals surface area contributed by atoms with Crippen molar-refractivity contribution in [2.24, 2.45) is 5.92 Å². The predicted octanol–water partition coefficient (Wildman–Crippen LogP) is 2.26. The number of fused-ring (bicyclic) bond motifs is 1. The lowest BCUT2D eigenvalue weighted by Gasteiger charge is -2.29. The molecule has 3 N–H and O–H groups in total. The number of rotatable bonds is 7. The average molecular weight is 536 g/mol. The summed E-state index contributed by atoms with van der Waals surface area (Å²) in [5.41, 5.74) is -2.29. The van der Waals surface area contributed by atoms with Crippen molar-refractivity contribution < 1.29 is 37.0 Å². The molecule has 3 heterocycles. The van der Waals surface area contributed by atoms with Gasteiger partial charge in [0.2, 0.25) is 11.8 Å². The third-order valence-corrected chi connectivity index (χ3v) is 7.26. The van der Waals surface area contributed by atoms with Gasteiger partial charge >= 0.3 is 6.18 Å². The molecule has 1 aromatic heterocycles. The van der Waals surface area contributed by atoms with E-state index in [2.05, 4.69) is 15.6 Å².